The molecule has 0 N–H and O–H groups in total. The number of nitrogens with zero attached hydrogens (tertiary/aromatic N) is 12. The number of hydrogen-bond donors (Lipinski definition) is 0. The summed E-state index contributed by atoms with van der Waals surface area (Å²) in [6.45, 7) is 5.81. The minimum atomic E-state index is -0.0313. The molecule has 172 valence electrons. The first kappa shape index (κ1) is 20.3. The van der Waals surface area contributed by atoms with Gasteiger partial charge in [-0.05, 0) is 13.8 Å². The lowest BCUT2D eigenvalue weighted by Gasteiger charge is -2.34. The van der Waals surface area contributed by atoms with E-state index in [4.69, 9.17) is 0 Å². The number of amides is 2. The van der Waals surface area contributed by atoms with Crippen molar-refractivity contribution in [3.8, 4) is 11.6 Å². The molecule has 13 heteroatoms. The van der Waals surface area contributed by atoms with Gasteiger partial charge in [-0.15, -0.1) is 10.2 Å². The minimum Gasteiger partial charge on any atom is -0.318 e. The van der Waals surface area contributed by atoms with E-state index in [1.54, 1.807) is 9.36 Å². The molecule has 0 bridgehead atoms. The van der Waals surface area contributed by atoms with Crippen molar-refractivity contribution in [2.24, 2.45) is 0 Å². The third kappa shape index (κ3) is 3.45. The Morgan fingerprint density at radius 3 is 1.65 bits per heavy atom. The number of rotatable bonds is 2. The molecule has 0 radical (unpaired) electrons. The number of hydrogen-bond acceptors (Lipinski definition) is 9. The highest BCUT2D eigenvalue weighted by atomic mass is 16.2. The summed E-state index contributed by atoms with van der Waals surface area (Å²) in [5.74, 6) is 1.37. The molecule has 6 rings (SSSR count). The van der Waals surface area contributed by atoms with Crippen LogP contribution in [0.5, 0.6) is 0 Å². The molecule has 13 nitrogen and oxygen atoms in total. The minimum absolute atomic E-state index is 0.0313. The van der Waals surface area contributed by atoms with Crippen LogP contribution in [0.25, 0.3) is 11.6 Å². The van der Waals surface area contributed by atoms with E-state index in [0.717, 1.165) is 34.2 Å². The maximum atomic E-state index is 13.3. The molecule has 4 aromatic rings. The molecule has 0 saturated carbocycles. The monoisotopic (exact) mass is 458 g/mol. The normalized spacial score (nSPS) is 15.2. The van der Waals surface area contributed by atoms with Gasteiger partial charge in [0.25, 0.3) is 0 Å². The lowest BCUT2D eigenvalue weighted by molar-refractivity contribution is 0.141. The summed E-state index contributed by atoms with van der Waals surface area (Å²) in [6.07, 6.45) is 4.34. The van der Waals surface area contributed by atoms with Gasteiger partial charge in [0.15, 0.2) is 11.6 Å². The third-order valence-electron chi connectivity index (χ3n) is 6.16. The van der Waals surface area contributed by atoms with Gasteiger partial charge in [0.1, 0.15) is 24.0 Å². The lowest BCUT2D eigenvalue weighted by atomic mass is 10.1. The number of aryl methyl sites for hydroxylation is 2. The van der Waals surface area contributed by atoms with E-state index in [0.29, 0.717) is 50.7 Å². The van der Waals surface area contributed by atoms with Crippen LogP contribution in [0, 0.1) is 13.8 Å². The van der Waals surface area contributed by atoms with Crippen LogP contribution in [0.2, 0.25) is 0 Å². The summed E-state index contributed by atoms with van der Waals surface area (Å²) in [7, 11) is 0. The molecule has 0 atom stereocenters. The topological polar surface area (TPSA) is 137 Å². The van der Waals surface area contributed by atoms with Crippen LogP contribution < -0.4 is 0 Å². The summed E-state index contributed by atoms with van der Waals surface area (Å²) >= 11 is 0. The number of carbonyl (C=O) groups is 1. The summed E-state index contributed by atoms with van der Waals surface area (Å²) in [5.41, 5.74) is 5.26. The molecule has 2 aliphatic rings. The van der Waals surface area contributed by atoms with Gasteiger partial charge in [-0.3, -0.25) is 0 Å². The Balaban J connectivity index is 1.18. The molecule has 0 saturated heterocycles. The zero-order valence-electron chi connectivity index (χ0n) is 18.8. The molecule has 2 amide bonds. The van der Waals surface area contributed by atoms with Crippen LogP contribution in [0.1, 0.15) is 34.2 Å². The van der Waals surface area contributed by atoms with Gasteiger partial charge in [0.05, 0.1) is 24.5 Å². The van der Waals surface area contributed by atoms with Crippen molar-refractivity contribution in [1.29, 1.82) is 0 Å². The third-order valence-corrected chi connectivity index (χ3v) is 6.16. The molecule has 2 aliphatic heterocycles. The molecule has 4 aromatic heterocycles. The fourth-order valence-corrected chi connectivity index (χ4v) is 4.42. The maximum absolute atomic E-state index is 13.3. The molecule has 0 spiro atoms. The van der Waals surface area contributed by atoms with Gasteiger partial charge < -0.3 is 9.80 Å². The van der Waals surface area contributed by atoms with E-state index in [9.17, 15) is 4.79 Å². The molecule has 0 aliphatic carbocycles. The Morgan fingerprint density at radius 1 is 0.735 bits per heavy atom. The number of aromatic nitrogens is 10. The molecule has 0 unspecified atom stereocenters. The highest BCUT2D eigenvalue weighted by Gasteiger charge is 2.32. The molecule has 34 heavy (non-hydrogen) atoms. The van der Waals surface area contributed by atoms with Crippen molar-refractivity contribution < 1.29 is 4.79 Å². The zero-order valence-corrected chi connectivity index (χ0v) is 18.8. The fraction of sp³-hybridized carbons (Fsp3) is 0.381. The summed E-state index contributed by atoms with van der Waals surface area (Å²) in [4.78, 5) is 33.8. The SMILES string of the molecule is Cc1cc(-n2nnc3c2CCN(C(=O)N2CCc4c(nnn4-c4cc(C)ncn4)C2)C3)ncn1. The Labute approximate surface area is 194 Å². The van der Waals surface area contributed by atoms with E-state index in [1.807, 2.05) is 35.8 Å². The maximum Gasteiger partial charge on any atom is 0.320 e. The van der Waals surface area contributed by atoms with Gasteiger partial charge in [-0.25, -0.2) is 24.7 Å². The smallest absolute Gasteiger partial charge is 0.318 e. The first-order valence-electron chi connectivity index (χ1n) is 11.1. The highest BCUT2D eigenvalue weighted by molar-refractivity contribution is 5.75. The van der Waals surface area contributed by atoms with Crippen molar-refractivity contribution in [1.82, 2.24) is 59.7 Å². The van der Waals surface area contributed by atoms with Crippen LogP contribution in [0.3, 0.4) is 0 Å². The second kappa shape index (κ2) is 7.93. The Kier molecular flexibility index (Phi) is 4.74. The van der Waals surface area contributed by atoms with E-state index in [1.165, 1.54) is 12.7 Å². The summed E-state index contributed by atoms with van der Waals surface area (Å²) in [6, 6.07) is 3.71. The summed E-state index contributed by atoms with van der Waals surface area (Å²) < 4.78 is 3.48. The quantitative estimate of drug-likeness (QED) is 0.422. The van der Waals surface area contributed by atoms with Crippen LogP contribution >= 0.6 is 0 Å². The van der Waals surface area contributed by atoms with Gasteiger partial charge >= 0.3 is 6.03 Å². The van der Waals surface area contributed by atoms with Crippen LogP contribution in [-0.2, 0) is 25.9 Å². The van der Waals surface area contributed by atoms with Gasteiger partial charge in [-0.2, -0.15) is 9.36 Å². The predicted octanol–water partition coefficient (Wildman–Crippen LogP) is 0.581. The van der Waals surface area contributed by atoms with E-state index in [-0.39, 0.29) is 6.03 Å². The van der Waals surface area contributed by atoms with Crippen LogP contribution in [0.15, 0.2) is 24.8 Å². The van der Waals surface area contributed by atoms with Gasteiger partial charge in [-0.1, -0.05) is 10.4 Å². The van der Waals surface area contributed by atoms with Gasteiger partial charge in [0.2, 0.25) is 0 Å². The predicted molar refractivity (Wildman–Crippen MR) is 117 cm³/mol. The van der Waals surface area contributed by atoms with E-state index >= 15 is 0 Å². The molecular weight excluding hydrogens is 436 g/mol. The summed E-state index contributed by atoms with van der Waals surface area (Å²) in [5, 5.41) is 17.2. The van der Waals surface area contributed by atoms with Crippen molar-refractivity contribution in [3.63, 3.8) is 0 Å². The Bertz CT molecular complexity index is 1290. The van der Waals surface area contributed by atoms with Gasteiger partial charge in [0, 0.05) is 49.5 Å². The van der Waals surface area contributed by atoms with Crippen molar-refractivity contribution in [2.75, 3.05) is 13.1 Å². The van der Waals surface area contributed by atoms with Crippen molar-refractivity contribution in [3.05, 3.63) is 59.0 Å². The highest BCUT2D eigenvalue weighted by Crippen LogP contribution is 2.24. The second-order valence-corrected chi connectivity index (χ2v) is 8.45. The van der Waals surface area contributed by atoms with E-state index < -0.39 is 0 Å². The average molecular weight is 458 g/mol. The largest absolute Gasteiger partial charge is 0.320 e. The standard InChI is InChI=1S/C21H22N12O/c1-13-7-19(24-11-22-13)32-17-3-5-30(9-15(17)26-28-32)21(34)31-6-4-18-16(10-31)27-29-33(18)20-8-14(2)23-12-25-20/h7-8,11-12H,3-6,9-10H2,1-2H3. The number of fused-ring (bicyclic) bond motifs is 2. The molecule has 6 heterocycles. The van der Waals surface area contributed by atoms with Crippen molar-refractivity contribution >= 4 is 6.03 Å². The average Bonchev–Trinajstić information content (AvgIpc) is 3.47. The first-order chi connectivity index (χ1) is 16.6. The molecule has 0 fully saturated rings. The van der Waals surface area contributed by atoms with Crippen LogP contribution in [-0.4, -0.2) is 78.8 Å². The molecule has 0 aromatic carbocycles. The Hall–Kier alpha value is -4.29. The molecular formula is C21H22N12O. The first-order valence-corrected chi connectivity index (χ1v) is 11.1. The van der Waals surface area contributed by atoms with Crippen LogP contribution in [0.4, 0.5) is 4.79 Å². The fourth-order valence-electron chi connectivity index (χ4n) is 4.42. The lowest BCUT2D eigenvalue weighted by Crippen LogP contribution is -2.47. The van der Waals surface area contributed by atoms with E-state index in [2.05, 4.69) is 40.6 Å². The van der Waals surface area contributed by atoms with Crippen molar-refractivity contribution in [2.45, 2.75) is 39.8 Å². The Morgan fingerprint density at radius 2 is 1.21 bits per heavy atom. The second-order valence-electron chi connectivity index (χ2n) is 8.45. The number of carbonyl (C=O) groups excluding carboxylic acids is 1. The number of urea groups is 1. The zero-order chi connectivity index (χ0) is 23.2.